The van der Waals surface area contributed by atoms with Crippen LogP contribution in [0.3, 0.4) is 0 Å². The number of fused-ring (bicyclic) bond motifs is 1. The molecule has 0 aliphatic rings. The summed E-state index contributed by atoms with van der Waals surface area (Å²) in [4.78, 5) is 16.4. The fourth-order valence-corrected chi connectivity index (χ4v) is 3.30. The van der Waals surface area contributed by atoms with E-state index in [-0.39, 0.29) is 5.91 Å². The van der Waals surface area contributed by atoms with Gasteiger partial charge < -0.3 is 5.32 Å². The zero-order valence-corrected chi connectivity index (χ0v) is 13.1. The van der Waals surface area contributed by atoms with Crippen molar-refractivity contribution in [2.75, 3.05) is 0 Å². The molecule has 1 aromatic heterocycles. The predicted octanol–water partition coefficient (Wildman–Crippen LogP) is 4.53. The first-order valence-electron chi connectivity index (χ1n) is 6.22. The number of amides is 1. The third-order valence-electron chi connectivity index (χ3n) is 2.94. The topological polar surface area (TPSA) is 42.0 Å². The maximum atomic E-state index is 12.1. The van der Waals surface area contributed by atoms with Crippen molar-refractivity contribution in [1.82, 2.24) is 10.3 Å². The van der Waals surface area contributed by atoms with E-state index >= 15 is 0 Å². The maximum absolute atomic E-state index is 12.1. The van der Waals surface area contributed by atoms with Crippen LogP contribution in [0.5, 0.6) is 0 Å². The summed E-state index contributed by atoms with van der Waals surface area (Å²) in [6, 6.07) is 13.1. The number of carbonyl (C=O) groups is 1. The minimum Gasteiger partial charge on any atom is -0.346 e. The third-order valence-corrected chi connectivity index (χ3v) is 4.94. The highest BCUT2D eigenvalue weighted by atomic mass is 35.5. The Balaban J connectivity index is 1.80. The van der Waals surface area contributed by atoms with Crippen molar-refractivity contribution in [3.8, 4) is 0 Å². The molecule has 3 aromatic rings. The van der Waals surface area contributed by atoms with E-state index in [1.54, 1.807) is 12.1 Å². The number of aromatic nitrogens is 1. The van der Waals surface area contributed by atoms with Gasteiger partial charge in [-0.05, 0) is 17.7 Å². The van der Waals surface area contributed by atoms with Gasteiger partial charge in [0.1, 0.15) is 0 Å². The number of carbonyl (C=O) groups excluding carboxylic acids is 1. The Kier molecular flexibility index (Phi) is 4.10. The second-order valence-electron chi connectivity index (χ2n) is 4.40. The minimum absolute atomic E-state index is 0.216. The van der Waals surface area contributed by atoms with Gasteiger partial charge in [-0.3, -0.25) is 4.79 Å². The van der Waals surface area contributed by atoms with Gasteiger partial charge in [0.15, 0.2) is 5.01 Å². The molecule has 0 aliphatic heterocycles. The highest BCUT2D eigenvalue weighted by molar-refractivity contribution is 7.21. The monoisotopic (exact) mass is 336 g/mol. The van der Waals surface area contributed by atoms with Gasteiger partial charge in [0, 0.05) is 6.54 Å². The Labute approximate surface area is 135 Å². The average Bonchev–Trinajstić information content (AvgIpc) is 2.95. The average molecular weight is 337 g/mol. The van der Waals surface area contributed by atoms with E-state index in [0.29, 0.717) is 27.1 Å². The summed E-state index contributed by atoms with van der Waals surface area (Å²) in [6.07, 6.45) is 0. The van der Waals surface area contributed by atoms with Crippen LogP contribution in [0.25, 0.3) is 10.2 Å². The zero-order chi connectivity index (χ0) is 14.8. The molecular formula is C15H10Cl2N2OS. The molecule has 3 rings (SSSR count). The largest absolute Gasteiger partial charge is 0.346 e. The van der Waals surface area contributed by atoms with Crippen LogP contribution in [0.2, 0.25) is 10.0 Å². The first-order valence-corrected chi connectivity index (χ1v) is 7.79. The number of nitrogens with one attached hydrogen (secondary N) is 1. The summed E-state index contributed by atoms with van der Waals surface area (Å²) >= 11 is 13.3. The first kappa shape index (κ1) is 14.3. The van der Waals surface area contributed by atoms with Crippen molar-refractivity contribution in [2.45, 2.75) is 6.54 Å². The van der Waals surface area contributed by atoms with Crippen molar-refractivity contribution in [2.24, 2.45) is 0 Å². The molecule has 0 saturated heterocycles. The van der Waals surface area contributed by atoms with Gasteiger partial charge in [-0.25, -0.2) is 4.98 Å². The molecule has 0 aliphatic carbocycles. The normalized spacial score (nSPS) is 10.8. The van der Waals surface area contributed by atoms with E-state index in [4.69, 9.17) is 23.2 Å². The molecule has 3 nitrogen and oxygen atoms in total. The molecule has 0 radical (unpaired) electrons. The van der Waals surface area contributed by atoms with Gasteiger partial charge in [-0.1, -0.05) is 53.5 Å². The molecule has 1 amide bonds. The molecule has 6 heteroatoms. The van der Waals surface area contributed by atoms with Gasteiger partial charge in [-0.2, -0.15) is 0 Å². The van der Waals surface area contributed by atoms with Crippen molar-refractivity contribution >= 4 is 50.7 Å². The molecule has 0 bridgehead atoms. The highest BCUT2D eigenvalue weighted by Gasteiger charge is 2.15. The van der Waals surface area contributed by atoms with Crippen molar-refractivity contribution in [1.29, 1.82) is 0 Å². The molecule has 0 fully saturated rings. The molecule has 0 atom stereocenters. The van der Waals surface area contributed by atoms with Crippen LogP contribution in [-0.2, 0) is 6.54 Å². The molecule has 1 N–H and O–H groups in total. The van der Waals surface area contributed by atoms with Crippen LogP contribution in [0.4, 0.5) is 0 Å². The first-order chi connectivity index (χ1) is 10.1. The van der Waals surface area contributed by atoms with Crippen molar-refractivity contribution in [3.63, 3.8) is 0 Å². The minimum atomic E-state index is -0.216. The lowest BCUT2D eigenvalue weighted by atomic mass is 10.2. The summed E-state index contributed by atoms with van der Waals surface area (Å²) in [5.41, 5.74) is 1.72. The molecule has 2 aromatic carbocycles. The number of benzene rings is 2. The number of halogens is 2. The fraction of sp³-hybridized carbons (Fsp3) is 0.0667. The fourth-order valence-electron chi connectivity index (χ4n) is 1.89. The summed E-state index contributed by atoms with van der Waals surface area (Å²) < 4.78 is 0.731. The Morgan fingerprint density at radius 1 is 1.14 bits per heavy atom. The molecule has 0 saturated carbocycles. The van der Waals surface area contributed by atoms with Crippen LogP contribution in [0.1, 0.15) is 15.4 Å². The lowest BCUT2D eigenvalue weighted by molar-refractivity contribution is 0.0951. The Morgan fingerprint density at radius 2 is 1.90 bits per heavy atom. The second kappa shape index (κ2) is 6.02. The molecule has 21 heavy (non-hydrogen) atoms. The number of rotatable bonds is 3. The van der Waals surface area contributed by atoms with E-state index < -0.39 is 0 Å². The lowest BCUT2D eigenvalue weighted by Crippen LogP contribution is -2.22. The molecule has 0 spiro atoms. The smallest absolute Gasteiger partial charge is 0.280 e. The van der Waals surface area contributed by atoms with Crippen LogP contribution in [-0.4, -0.2) is 10.9 Å². The standard InChI is InChI=1S/C15H10Cl2N2OS/c16-10-6-7-11-13(12(10)17)21-15(19-11)14(20)18-8-9-4-2-1-3-5-9/h1-7H,8H2,(H,18,20). The molecule has 106 valence electrons. The van der Waals surface area contributed by atoms with E-state index in [1.807, 2.05) is 30.3 Å². The SMILES string of the molecule is O=C(NCc1ccccc1)c1nc2ccc(Cl)c(Cl)c2s1. The Morgan fingerprint density at radius 3 is 2.67 bits per heavy atom. The number of hydrogen-bond acceptors (Lipinski definition) is 3. The van der Waals surface area contributed by atoms with Gasteiger partial charge in [0.25, 0.3) is 5.91 Å². The molecular weight excluding hydrogens is 327 g/mol. The Hall–Kier alpha value is -1.62. The van der Waals surface area contributed by atoms with Gasteiger partial charge >= 0.3 is 0 Å². The molecule has 1 heterocycles. The van der Waals surface area contributed by atoms with Crippen LogP contribution in [0, 0.1) is 0 Å². The summed E-state index contributed by atoms with van der Waals surface area (Å²) in [6.45, 7) is 0.462. The Bertz CT molecular complexity index is 802. The summed E-state index contributed by atoms with van der Waals surface area (Å²) in [7, 11) is 0. The van der Waals surface area contributed by atoms with Crippen molar-refractivity contribution in [3.05, 3.63) is 63.1 Å². The van der Waals surface area contributed by atoms with Crippen LogP contribution >= 0.6 is 34.5 Å². The van der Waals surface area contributed by atoms with Crippen LogP contribution in [0.15, 0.2) is 42.5 Å². The van der Waals surface area contributed by atoms with E-state index in [9.17, 15) is 4.79 Å². The third kappa shape index (κ3) is 3.02. The van der Waals surface area contributed by atoms with Crippen molar-refractivity contribution < 1.29 is 4.79 Å². The second-order valence-corrected chi connectivity index (χ2v) is 6.18. The van der Waals surface area contributed by atoms with Gasteiger partial charge in [0.2, 0.25) is 0 Å². The van der Waals surface area contributed by atoms with E-state index in [2.05, 4.69) is 10.3 Å². The predicted molar refractivity (Wildman–Crippen MR) is 87.3 cm³/mol. The quantitative estimate of drug-likeness (QED) is 0.763. The zero-order valence-electron chi connectivity index (χ0n) is 10.8. The van der Waals surface area contributed by atoms with E-state index in [1.165, 1.54) is 11.3 Å². The molecule has 0 unspecified atom stereocenters. The highest BCUT2D eigenvalue weighted by Crippen LogP contribution is 2.34. The maximum Gasteiger partial charge on any atom is 0.280 e. The van der Waals surface area contributed by atoms with Crippen LogP contribution < -0.4 is 5.32 Å². The number of hydrogen-bond donors (Lipinski definition) is 1. The lowest BCUT2D eigenvalue weighted by Gasteiger charge is -2.02. The summed E-state index contributed by atoms with van der Waals surface area (Å²) in [5, 5.41) is 4.12. The number of thiazole rings is 1. The van der Waals surface area contributed by atoms with E-state index in [0.717, 1.165) is 10.3 Å². The number of nitrogens with zero attached hydrogens (tertiary/aromatic N) is 1. The summed E-state index contributed by atoms with van der Waals surface area (Å²) in [5.74, 6) is -0.216. The van der Waals surface area contributed by atoms with Gasteiger partial charge in [0.05, 0.1) is 20.3 Å². The van der Waals surface area contributed by atoms with Gasteiger partial charge in [-0.15, -0.1) is 11.3 Å².